The molecule has 6 nitrogen and oxygen atoms in total. The summed E-state index contributed by atoms with van der Waals surface area (Å²) in [7, 11) is -5.05. The summed E-state index contributed by atoms with van der Waals surface area (Å²) >= 11 is 0. The fraction of sp³-hybridized carbons (Fsp3) is 0.606. The first-order valence-electron chi connectivity index (χ1n) is 14.8. The first kappa shape index (κ1) is 33.7. The van der Waals surface area contributed by atoms with Crippen molar-refractivity contribution >= 4 is 33.0 Å². The number of hydrogen-bond acceptors (Lipinski definition) is 6. The lowest BCUT2D eigenvalue weighted by Crippen LogP contribution is -2.68. The van der Waals surface area contributed by atoms with Crippen LogP contribution in [0.25, 0.3) is 0 Å². The monoisotopic (exact) mass is 600 g/mol. The van der Waals surface area contributed by atoms with Gasteiger partial charge in [-0.15, -0.1) is 0 Å². The molecular formula is C33H52O6Si2. The van der Waals surface area contributed by atoms with Gasteiger partial charge in [-0.3, -0.25) is 4.79 Å². The second-order valence-electron chi connectivity index (χ2n) is 14.8. The average Bonchev–Trinajstić information content (AvgIpc) is 3.64. The summed E-state index contributed by atoms with van der Waals surface area (Å²) in [5.74, 6) is -0.443. The zero-order valence-electron chi connectivity index (χ0n) is 27.0. The number of benzene rings is 2. The zero-order chi connectivity index (χ0) is 30.9. The zero-order valence-corrected chi connectivity index (χ0v) is 29.0. The van der Waals surface area contributed by atoms with Crippen molar-refractivity contribution in [3.05, 3.63) is 60.7 Å². The molecule has 0 aromatic heterocycles. The number of aliphatic hydroxyl groups is 1. The first-order chi connectivity index (χ1) is 18.8. The van der Waals surface area contributed by atoms with E-state index in [1.54, 1.807) is 0 Å². The Morgan fingerprint density at radius 2 is 1.32 bits per heavy atom. The molecule has 41 heavy (non-hydrogen) atoms. The highest BCUT2D eigenvalue weighted by Crippen LogP contribution is 2.42. The van der Waals surface area contributed by atoms with Gasteiger partial charge in [-0.2, -0.15) is 0 Å². The molecule has 1 aliphatic rings. The van der Waals surface area contributed by atoms with E-state index in [0.29, 0.717) is 6.61 Å². The van der Waals surface area contributed by atoms with Crippen LogP contribution in [0.5, 0.6) is 0 Å². The lowest BCUT2D eigenvalue weighted by molar-refractivity contribution is -0.157. The maximum Gasteiger partial charge on any atom is 0.309 e. The molecule has 1 saturated heterocycles. The van der Waals surface area contributed by atoms with Crippen molar-refractivity contribution in [1.82, 2.24) is 0 Å². The van der Waals surface area contributed by atoms with Gasteiger partial charge in [0.05, 0.1) is 25.2 Å². The number of esters is 1. The third-order valence-corrected chi connectivity index (χ3v) is 17.8. The van der Waals surface area contributed by atoms with Crippen molar-refractivity contribution in [2.45, 2.75) is 122 Å². The third-order valence-electron chi connectivity index (χ3n) is 8.26. The van der Waals surface area contributed by atoms with Gasteiger partial charge in [-0.25, -0.2) is 0 Å². The third kappa shape index (κ3) is 8.18. The number of epoxide rings is 1. The number of carbonyl (C=O) groups excluding carboxylic acids is 1. The number of carbonyl (C=O) groups is 1. The molecule has 0 radical (unpaired) electrons. The van der Waals surface area contributed by atoms with Gasteiger partial charge in [0, 0.05) is 0 Å². The quantitative estimate of drug-likeness (QED) is 0.199. The van der Waals surface area contributed by atoms with E-state index in [-0.39, 0.29) is 16.5 Å². The van der Waals surface area contributed by atoms with Crippen LogP contribution in [0.2, 0.25) is 23.2 Å². The van der Waals surface area contributed by atoms with Gasteiger partial charge in [-0.1, -0.05) is 102 Å². The van der Waals surface area contributed by atoms with Gasteiger partial charge in [-0.05, 0) is 54.3 Å². The molecule has 0 spiro atoms. The predicted molar refractivity (Wildman–Crippen MR) is 171 cm³/mol. The normalized spacial score (nSPS) is 19.9. The Balaban J connectivity index is 2.01. The summed E-state index contributed by atoms with van der Waals surface area (Å²) < 4.78 is 25.8. The Morgan fingerprint density at radius 1 is 0.829 bits per heavy atom. The maximum absolute atomic E-state index is 12.5. The maximum atomic E-state index is 12.5. The second-order valence-corrected chi connectivity index (χ2v) is 23.9. The highest BCUT2D eigenvalue weighted by atomic mass is 28.4. The standard InChI is InChI=1S/C33H52O6Si2/c1-31(2,3)38-28(35)22-26(34)29-30(37-29)27(23-36-40(10,11)32(4,5)6)39-41(33(7,8)9,24-18-14-12-15-19-24)25-20-16-13-17-21-25/h12-21,26-27,29-30,34H,22-23H2,1-11H3/t26-,27-,29-,30+/m1/s1. The van der Waals surface area contributed by atoms with Crippen molar-refractivity contribution in [3.8, 4) is 0 Å². The van der Waals surface area contributed by atoms with Gasteiger partial charge < -0.3 is 23.4 Å². The van der Waals surface area contributed by atoms with Gasteiger partial charge in [0.25, 0.3) is 8.32 Å². The first-order valence-corrected chi connectivity index (χ1v) is 19.6. The highest BCUT2D eigenvalue weighted by molar-refractivity contribution is 6.99. The number of ether oxygens (including phenoxy) is 2. The SMILES string of the molecule is CC(C)(C)OC(=O)C[C@@H](O)[C@H]1O[C@H]1[C@@H](CO[Si](C)(C)C(C)(C)C)O[Si](c1ccccc1)(c1ccccc1)C(C)(C)C. The van der Waals surface area contributed by atoms with Crippen molar-refractivity contribution in [2.24, 2.45) is 0 Å². The molecule has 0 unspecified atom stereocenters. The van der Waals surface area contributed by atoms with Crippen LogP contribution in [0.4, 0.5) is 0 Å². The summed E-state index contributed by atoms with van der Waals surface area (Å²) in [5.41, 5.74) is -0.619. The minimum atomic E-state index is -2.92. The van der Waals surface area contributed by atoms with Crippen molar-refractivity contribution in [1.29, 1.82) is 0 Å². The van der Waals surface area contributed by atoms with E-state index >= 15 is 0 Å². The van der Waals surface area contributed by atoms with Crippen LogP contribution in [0.15, 0.2) is 60.7 Å². The number of aliphatic hydroxyl groups excluding tert-OH is 1. The van der Waals surface area contributed by atoms with E-state index in [0.717, 1.165) is 0 Å². The van der Waals surface area contributed by atoms with Crippen LogP contribution < -0.4 is 10.4 Å². The van der Waals surface area contributed by atoms with E-state index < -0.39 is 52.6 Å². The Hall–Kier alpha value is -1.82. The van der Waals surface area contributed by atoms with E-state index in [4.69, 9.17) is 18.3 Å². The molecule has 1 aliphatic heterocycles. The number of rotatable bonds is 11. The molecule has 0 amide bonds. The van der Waals surface area contributed by atoms with Crippen LogP contribution in [-0.4, -0.2) is 64.3 Å². The summed E-state index contributed by atoms with van der Waals surface area (Å²) in [6, 6.07) is 21.0. The van der Waals surface area contributed by atoms with Crippen LogP contribution in [0.3, 0.4) is 0 Å². The van der Waals surface area contributed by atoms with E-state index in [9.17, 15) is 9.90 Å². The van der Waals surface area contributed by atoms with E-state index in [1.165, 1.54) is 10.4 Å². The Labute approximate surface area is 250 Å². The molecule has 2 aromatic carbocycles. The van der Waals surface area contributed by atoms with Gasteiger partial charge >= 0.3 is 5.97 Å². The van der Waals surface area contributed by atoms with Gasteiger partial charge in [0.2, 0.25) is 0 Å². The fourth-order valence-electron chi connectivity index (χ4n) is 5.04. The molecule has 2 aromatic rings. The Morgan fingerprint density at radius 3 is 1.73 bits per heavy atom. The van der Waals surface area contributed by atoms with Crippen molar-refractivity contribution in [2.75, 3.05) is 6.61 Å². The van der Waals surface area contributed by atoms with Crippen LogP contribution in [-0.2, 0) is 23.1 Å². The predicted octanol–water partition coefficient (Wildman–Crippen LogP) is 5.81. The molecule has 0 aliphatic carbocycles. The molecule has 4 atom stereocenters. The summed E-state index contributed by atoms with van der Waals surface area (Å²) in [5, 5.41) is 13.2. The van der Waals surface area contributed by atoms with E-state index in [2.05, 4.69) is 103 Å². The molecule has 3 rings (SSSR count). The average molecular weight is 601 g/mol. The smallest absolute Gasteiger partial charge is 0.309 e. The Bertz CT molecular complexity index is 1090. The molecule has 1 N–H and O–H groups in total. The second kappa shape index (κ2) is 12.4. The molecule has 228 valence electrons. The topological polar surface area (TPSA) is 77.5 Å². The summed E-state index contributed by atoms with van der Waals surface area (Å²) in [6.45, 7) is 23.7. The minimum absolute atomic E-state index is 0.0228. The summed E-state index contributed by atoms with van der Waals surface area (Å²) in [6.07, 6.45) is -2.50. The lowest BCUT2D eigenvalue weighted by atomic mass is 10.1. The fourth-order valence-corrected chi connectivity index (χ4v) is 10.7. The molecule has 1 fully saturated rings. The molecular weight excluding hydrogens is 549 g/mol. The largest absolute Gasteiger partial charge is 0.460 e. The van der Waals surface area contributed by atoms with Crippen molar-refractivity contribution in [3.63, 3.8) is 0 Å². The van der Waals surface area contributed by atoms with Gasteiger partial charge in [0.1, 0.15) is 17.8 Å². The van der Waals surface area contributed by atoms with Crippen LogP contribution in [0, 0.1) is 0 Å². The molecule has 1 heterocycles. The molecule has 8 heteroatoms. The molecule has 0 bridgehead atoms. The van der Waals surface area contributed by atoms with Crippen LogP contribution in [0.1, 0.15) is 68.7 Å². The van der Waals surface area contributed by atoms with Gasteiger partial charge in [0.15, 0.2) is 8.32 Å². The molecule has 0 saturated carbocycles. The lowest BCUT2D eigenvalue weighted by Gasteiger charge is -2.45. The van der Waals surface area contributed by atoms with Crippen LogP contribution >= 0.6 is 0 Å². The number of hydrogen-bond donors (Lipinski definition) is 1. The highest BCUT2D eigenvalue weighted by Gasteiger charge is 2.57. The van der Waals surface area contributed by atoms with E-state index in [1.807, 2.05) is 32.9 Å². The summed E-state index contributed by atoms with van der Waals surface area (Å²) in [4.78, 5) is 12.5. The van der Waals surface area contributed by atoms with Crippen molar-refractivity contribution < 1.29 is 28.2 Å². The Kier molecular flexibility index (Phi) is 10.2. The minimum Gasteiger partial charge on any atom is -0.460 e.